The molecule has 2 aromatic carbocycles. The van der Waals surface area contributed by atoms with Crippen LogP contribution in [0.2, 0.25) is 0 Å². The molecule has 0 spiro atoms. The molecule has 0 fully saturated rings. The lowest BCUT2D eigenvalue weighted by Gasteiger charge is -2.33. The van der Waals surface area contributed by atoms with Gasteiger partial charge in [-0.1, -0.05) is 31.2 Å². The smallest absolute Gasteiger partial charge is 0.304 e. The number of hydrogen-bond donors (Lipinski definition) is 1. The van der Waals surface area contributed by atoms with Crippen LogP contribution in [-0.4, -0.2) is 69.3 Å². The summed E-state index contributed by atoms with van der Waals surface area (Å²) in [6, 6.07) is 11.8. The Morgan fingerprint density at radius 3 is 2.19 bits per heavy atom. The number of nitrogens with zero attached hydrogens (tertiary/aromatic N) is 3. The lowest BCUT2D eigenvalue weighted by Crippen LogP contribution is -2.53. The summed E-state index contributed by atoms with van der Waals surface area (Å²) in [6.45, 7) is 8.85. The van der Waals surface area contributed by atoms with Crippen molar-refractivity contribution in [1.29, 1.82) is 0 Å². The number of carbonyl (C=O) groups is 2. The van der Waals surface area contributed by atoms with Crippen molar-refractivity contribution in [1.82, 2.24) is 14.5 Å². The van der Waals surface area contributed by atoms with Gasteiger partial charge in [0.15, 0.2) is 0 Å². The standard InChI is InChI=1S/C27H40N4O5S/c1-9-21(4)28-27(33)22(5)30(17-23-12-14-24(36-8)15-13-23)26(32)18-31(37(34,35)29(6)7)25-16-19(2)10-11-20(25)3/h10-16,21-22H,9,17-18H2,1-8H3,(H,28,33). The molecule has 0 radical (unpaired) electrons. The van der Waals surface area contributed by atoms with E-state index in [1.807, 2.05) is 45.0 Å². The molecule has 0 bridgehead atoms. The monoisotopic (exact) mass is 532 g/mol. The molecule has 37 heavy (non-hydrogen) atoms. The number of nitrogens with one attached hydrogen (secondary N) is 1. The normalized spacial score (nSPS) is 13.1. The summed E-state index contributed by atoms with van der Waals surface area (Å²) in [5, 5.41) is 2.93. The van der Waals surface area contributed by atoms with E-state index in [-0.39, 0.29) is 18.5 Å². The van der Waals surface area contributed by atoms with E-state index in [2.05, 4.69) is 5.32 Å². The lowest BCUT2D eigenvalue weighted by atomic mass is 10.1. The molecule has 2 aromatic rings. The fraction of sp³-hybridized carbons (Fsp3) is 0.481. The predicted octanol–water partition coefficient (Wildman–Crippen LogP) is 3.26. The van der Waals surface area contributed by atoms with Crippen molar-refractivity contribution in [3.05, 3.63) is 59.2 Å². The fourth-order valence-corrected chi connectivity index (χ4v) is 4.78. The zero-order chi connectivity index (χ0) is 27.9. The highest BCUT2D eigenvalue weighted by Gasteiger charge is 2.33. The van der Waals surface area contributed by atoms with Crippen LogP contribution in [0.15, 0.2) is 42.5 Å². The molecular weight excluding hydrogens is 492 g/mol. The van der Waals surface area contributed by atoms with Crippen molar-refractivity contribution in [2.45, 2.75) is 59.7 Å². The number of methoxy groups -OCH3 is 1. The molecule has 0 aliphatic carbocycles. The SMILES string of the molecule is CCC(C)NC(=O)C(C)N(Cc1ccc(OC)cc1)C(=O)CN(c1cc(C)ccc1C)S(=O)(=O)N(C)C. The Morgan fingerprint density at radius 2 is 1.65 bits per heavy atom. The van der Waals surface area contributed by atoms with E-state index in [1.165, 1.54) is 19.0 Å². The highest BCUT2D eigenvalue weighted by Crippen LogP contribution is 2.26. The molecule has 10 heteroatoms. The molecule has 2 unspecified atom stereocenters. The Morgan fingerprint density at radius 1 is 1.03 bits per heavy atom. The molecule has 2 atom stereocenters. The first-order valence-corrected chi connectivity index (χ1v) is 13.7. The number of hydrogen-bond acceptors (Lipinski definition) is 5. The molecule has 0 saturated carbocycles. The van der Waals surface area contributed by atoms with Gasteiger partial charge in [0.2, 0.25) is 11.8 Å². The van der Waals surface area contributed by atoms with Crippen molar-refractivity contribution in [2.24, 2.45) is 0 Å². The van der Waals surface area contributed by atoms with E-state index in [1.54, 1.807) is 39.2 Å². The molecule has 0 aliphatic rings. The minimum absolute atomic E-state index is 0.0616. The molecule has 1 N–H and O–H groups in total. The molecule has 204 valence electrons. The number of aryl methyl sites for hydroxylation is 2. The Labute approximate surface area is 221 Å². The van der Waals surface area contributed by atoms with Crippen LogP contribution >= 0.6 is 0 Å². The summed E-state index contributed by atoms with van der Waals surface area (Å²) < 4.78 is 34.1. The highest BCUT2D eigenvalue weighted by molar-refractivity contribution is 7.90. The third kappa shape index (κ3) is 7.69. The molecule has 0 aromatic heterocycles. The molecule has 0 aliphatic heterocycles. The fourth-order valence-electron chi connectivity index (χ4n) is 3.67. The summed E-state index contributed by atoms with van der Waals surface area (Å²) in [5.41, 5.74) is 2.78. The number of amides is 2. The number of ether oxygens (including phenoxy) is 1. The second kappa shape index (κ2) is 12.9. The zero-order valence-corrected chi connectivity index (χ0v) is 23.9. The van der Waals surface area contributed by atoms with Crippen molar-refractivity contribution in [2.75, 3.05) is 32.1 Å². The Kier molecular flexibility index (Phi) is 10.5. The number of benzene rings is 2. The third-order valence-corrected chi connectivity index (χ3v) is 8.14. The molecule has 2 amide bonds. The summed E-state index contributed by atoms with van der Waals surface area (Å²) in [7, 11) is 0.412. The maximum atomic E-state index is 13.8. The van der Waals surface area contributed by atoms with E-state index in [0.29, 0.717) is 17.0 Å². The maximum absolute atomic E-state index is 13.8. The van der Waals surface area contributed by atoms with Gasteiger partial charge >= 0.3 is 10.2 Å². The summed E-state index contributed by atoms with van der Waals surface area (Å²) in [6.07, 6.45) is 0.742. The number of rotatable bonds is 12. The first kappa shape index (κ1) is 30.1. The number of anilines is 1. The predicted molar refractivity (Wildman–Crippen MR) is 147 cm³/mol. The van der Waals surface area contributed by atoms with Gasteiger partial charge in [-0.2, -0.15) is 12.7 Å². The van der Waals surface area contributed by atoms with Crippen LogP contribution in [0.25, 0.3) is 0 Å². The van der Waals surface area contributed by atoms with Gasteiger partial charge in [-0.15, -0.1) is 0 Å². The molecule has 9 nitrogen and oxygen atoms in total. The minimum atomic E-state index is -4.01. The van der Waals surface area contributed by atoms with Crippen LogP contribution in [0.5, 0.6) is 5.75 Å². The van der Waals surface area contributed by atoms with Gasteiger partial charge in [0.05, 0.1) is 12.8 Å². The van der Waals surface area contributed by atoms with Crippen molar-refractivity contribution < 1.29 is 22.7 Å². The van der Waals surface area contributed by atoms with Gasteiger partial charge in [-0.25, -0.2) is 4.31 Å². The first-order valence-electron chi connectivity index (χ1n) is 12.3. The quantitative estimate of drug-likeness (QED) is 0.452. The molecule has 2 rings (SSSR count). The van der Waals surface area contributed by atoms with Crippen LogP contribution in [0, 0.1) is 13.8 Å². The van der Waals surface area contributed by atoms with Crippen molar-refractivity contribution >= 4 is 27.7 Å². The Hall–Kier alpha value is -3.11. The lowest BCUT2D eigenvalue weighted by molar-refractivity contribution is -0.139. The topological polar surface area (TPSA) is 99.3 Å². The zero-order valence-electron chi connectivity index (χ0n) is 23.1. The maximum Gasteiger partial charge on any atom is 0.304 e. The van der Waals surface area contributed by atoms with Crippen LogP contribution in [0.4, 0.5) is 5.69 Å². The van der Waals surface area contributed by atoms with E-state index in [9.17, 15) is 18.0 Å². The van der Waals surface area contributed by atoms with E-state index in [4.69, 9.17) is 4.74 Å². The largest absolute Gasteiger partial charge is 0.497 e. The Balaban J connectivity index is 2.50. The van der Waals surface area contributed by atoms with E-state index in [0.717, 1.165) is 26.2 Å². The van der Waals surface area contributed by atoms with Gasteiger partial charge in [0.1, 0.15) is 18.3 Å². The average Bonchev–Trinajstić information content (AvgIpc) is 2.86. The first-order chi connectivity index (χ1) is 17.3. The van der Waals surface area contributed by atoms with E-state index >= 15 is 0 Å². The van der Waals surface area contributed by atoms with Crippen LogP contribution in [0.3, 0.4) is 0 Å². The second-order valence-corrected chi connectivity index (χ2v) is 11.5. The molecular formula is C27H40N4O5S. The summed E-state index contributed by atoms with van der Waals surface area (Å²) in [5.74, 6) is -0.124. The Bertz CT molecular complexity index is 1180. The van der Waals surface area contributed by atoms with Gasteiger partial charge in [0, 0.05) is 26.7 Å². The van der Waals surface area contributed by atoms with Crippen molar-refractivity contribution in [3.8, 4) is 5.75 Å². The minimum Gasteiger partial charge on any atom is -0.497 e. The van der Waals surface area contributed by atoms with Gasteiger partial charge in [-0.3, -0.25) is 9.59 Å². The second-order valence-electron chi connectivity index (χ2n) is 9.45. The summed E-state index contributed by atoms with van der Waals surface area (Å²) in [4.78, 5) is 28.3. The van der Waals surface area contributed by atoms with Crippen LogP contribution < -0.4 is 14.4 Å². The van der Waals surface area contributed by atoms with Crippen molar-refractivity contribution in [3.63, 3.8) is 0 Å². The van der Waals surface area contributed by atoms with Crippen LogP contribution in [-0.2, 0) is 26.3 Å². The number of carbonyl (C=O) groups excluding carboxylic acids is 2. The summed E-state index contributed by atoms with van der Waals surface area (Å²) >= 11 is 0. The van der Waals surface area contributed by atoms with Gasteiger partial charge in [-0.05, 0) is 69.0 Å². The van der Waals surface area contributed by atoms with Gasteiger partial charge < -0.3 is 15.0 Å². The van der Waals surface area contributed by atoms with E-state index < -0.39 is 28.7 Å². The van der Waals surface area contributed by atoms with Gasteiger partial charge in [0.25, 0.3) is 0 Å². The molecule has 0 saturated heterocycles. The third-order valence-electron chi connectivity index (χ3n) is 6.33. The highest BCUT2D eigenvalue weighted by atomic mass is 32.2. The average molecular weight is 533 g/mol. The molecule has 0 heterocycles. The van der Waals surface area contributed by atoms with Crippen LogP contribution in [0.1, 0.15) is 43.9 Å².